The van der Waals surface area contributed by atoms with E-state index in [-0.39, 0.29) is 0 Å². The van der Waals surface area contributed by atoms with Gasteiger partial charge in [0.1, 0.15) is 35.0 Å². The lowest BCUT2D eigenvalue weighted by Crippen LogP contribution is -2.00. The van der Waals surface area contributed by atoms with Crippen LogP contribution in [0.2, 0.25) is 0 Å². The topological polar surface area (TPSA) is 104 Å². The van der Waals surface area contributed by atoms with E-state index in [2.05, 4.69) is 22.1 Å². The molecule has 31 heavy (non-hydrogen) atoms. The quantitative estimate of drug-likeness (QED) is 0.469. The highest BCUT2D eigenvalue weighted by molar-refractivity contribution is 5.91. The molecular weight excluding hydrogens is 390 g/mol. The fourth-order valence-electron chi connectivity index (χ4n) is 3.70. The molecule has 0 spiro atoms. The molecule has 0 radical (unpaired) electrons. The van der Waals surface area contributed by atoms with E-state index in [9.17, 15) is 10.5 Å². The number of nitriles is 2. The van der Waals surface area contributed by atoms with Gasteiger partial charge in [-0.25, -0.2) is 4.98 Å². The van der Waals surface area contributed by atoms with Gasteiger partial charge in [0.05, 0.1) is 23.7 Å². The number of hydrogen-bond donors (Lipinski definition) is 1. The summed E-state index contributed by atoms with van der Waals surface area (Å²) in [5, 5.41) is 19.4. The Balaban J connectivity index is 1.82. The first-order chi connectivity index (χ1) is 14.9. The molecule has 0 unspecified atom stereocenters. The number of nitrogens with one attached hydrogen (secondary N) is 1. The first-order valence-corrected chi connectivity index (χ1v) is 9.73. The number of allylic oxidation sites excluding steroid dienone is 1. The summed E-state index contributed by atoms with van der Waals surface area (Å²) in [5.74, 6) is 2.41. The third kappa shape index (κ3) is 3.27. The highest BCUT2D eigenvalue weighted by Gasteiger charge is 2.20. The number of hydrogen-bond acceptors (Lipinski definition) is 5. The molecule has 0 amide bonds. The summed E-state index contributed by atoms with van der Waals surface area (Å²) in [4.78, 5) is 7.74. The Bertz CT molecular complexity index is 1430. The molecule has 0 aliphatic rings. The number of rotatable bonds is 4. The number of aryl methyl sites for hydroxylation is 2. The van der Waals surface area contributed by atoms with Crippen molar-refractivity contribution in [3.8, 4) is 23.8 Å². The Kier molecular flexibility index (Phi) is 4.88. The molecule has 4 aromatic rings. The molecule has 0 saturated carbocycles. The van der Waals surface area contributed by atoms with Crippen LogP contribution in [0.15, 0.2) is 28.7 Å². The molecule has 0 bridgehead atoms. The first-order valence-electron chi connectivity index (χ1n) is 9.73. The van der Waals surface area contributed by atoms with Crippen LogP contribution in [0.25, 0.3) is 28.6 Å². The number of ether oxygens (including phenoxy) is 1. The van der Waals surface area contributed by atoms with Crippen LogP contribution < -0.4 is 4.74 Å². The van der Waals surface area contributed by atoms with Crippen molar-refractivity contribution in [2.24, 2.45) is 0 Å². The molecule has 1 N–H and O–H groups in total. The van der Waals surface area contributed by atoms with Gasteiger partial charge in [0.25, 0.3) is 0 Å². The van der Waals surface area contributed by atoms with E-state index >= 15 is 0 Å². The largest absolute Gasteiger partial charge is 0.497 e. The Hall–Kier alpha value is -4.23. The number of H-pyrrole nitrogens is 1. The van der Waals surface area contributed by atoms with Crippen molar-refractivity contribution in [2.45, 2.75) is 27.7 Å². The molecule has 0 aliphatic heterocycles. The highest BCUT2D eigenvalue weighted by atomic mass is 16.5. The zero-order valence-electron chi connectivity index (χ0n) is 18.0. The van der Waals surface area contributed by atoms with Crippen molar-refractivity contribution in [1.82, 2.24) is 14.5 Å². The molecule has 3 aromatic heterocycles. The second kappa shape index (κ2) is 7.55. The van der Waals surface area contributed by atoms with Gasteiger partial charge in [-0.2, -0.15) is 10.5 Å². The maximum atomic E-state index is 9.80. The van der Waals surface area contributed by atoms with Crippen molar-refractivity contribution in [3.63, 3.8) is 0 Å². The maximum absolute atomic E-state index is 9.80. The number of aromatic nitrogens is 3. The number of methoxy groups -OCH3 is 1. The van der Waals surface area contributed by atoms with E-state index in [1.54, 1.807) is 13.2 Å². The van der Waals surface area contributed by atoms with Crippen LogP contribution in [0.1, 0.15) is 39.7 Å². The van der Waals surface area contributed by atoms with Crippen molar-refractivity contribution in [1.29, 1.82) is 10.5 Å². The number of furan rings is 1. The molecule has 4 rings (SSSR count). The predicted molar refractivity (Wildman–Crippen MR) is 118 cm³/mol. The van der Waals surface area contributed by atoms with Gasteiger partial charge in [-0.15, -0.1) is 0 Å². The zero-order valence-corrected chi connectivity index (χ0v) is 18.0. The fourth-order valence-corrected chi connectivity index (χ4v) is 3.70. The monoisotopic (exact) mass is 411 g/mol. The van der Waals surface area contributed by atoms with Crippen molar-refractivity contribution >= 4 is 22.7 Å². The van der Waals surface area contributed by atoms with Crippen LogP contribution in [0.3, 0.4) is 0 Å². The fraction of sp³-hybridized carbons (Fsp3) is 0.208. The summed E-state index contributed by atoms with van der Waals surface area (Å²) in [6.07, 6.45) is 1.79. The number of imidazole rings is 1. The third-order valence-electron chi connectivity index (χ3n) is 5.52. The summed E-state index contributed by atoms with van der Waals surface area (Å²) < 4.78 is 13.1. The summed E-state index contributed by atoms with van der Waals surface area (Å²) in [5.41, 5.74) is 5.92. The summed E-state index contributed by atoms with van der Waals surface area (Å²) in [6, 6.07) is 12.0. The average Bonchev–Trinajstić information content (AvgIpc) is 3.39. The zero-order chi connectivity index (χ0) is 22.3. The maximum Gasteiger partial charge on any atom is 0.222 e. The average molecular weight is 411 g/mol. The smallest absolute Gasteiger partial charge is 0.222 e. The minimum Gasteiger partial charge on any atom is -0.497 e. The number of aromatic amines is 1. The van der Waals surface area contributed by atoms with E-state index in [1.165, 1.54) is 0 Å². The van der Waals surface area contributed by atoms with Gasteiger partial charge in [-0.1, -0.05) is 0 Å². The Morgan fingerprint density at radius 3 is 2.65 bits per heavy atom. The van der Waals surface area contributed by atoms with Crippen LogP contribution in [0.4, 0.5) is 0 Å². The summed E-state index contributed by atoms with van der Waals surface area (Å²) in [6.45, 7) is 7.60. The van der Waals surface area contributed by atoms with Crippen LogP contribution in [-0.2, 0) is 0 Å². The van der Waals surface area contributed by atoms with Gasteiger partial charge in [-0.3, -0.25) is 4.57 Å². The van der Waals surface area contributed by atoms with Crippen molar-refractivity contribution in [2.75, 3.05) is 7.11 Å². The molecule has 1 aromatic carbocycles. The lowest BCUT2D eigenvalue weighted by Gasteiger charge is -2.06. The molecule has 0 aliphatic carbocycles. The summed E-state index contributed by atoms with van der Waals surface area (Å²) in [7, 11) is 1.61. The lowest BCUT2D eigenvalue weighted by atomic mass is 10.1. The minimum atomic E-state index is 0.405. The second-order valence-corrected chi connectivity index (χ2v) is 7.38. The number of benzene rings is 1. The van der Waals surface area contributed by atoms with Gasteiger partial charge >= 0.3 is 0 Å². The predicted octanol–water partition coefficient (Wildman–Crippen LogP) is 5.12. The van der Waals surface area contributed by atoms with E-state index in [1.807, 2.05) is 56.5 Å². The van der Waals surface area contributed by atoms with E-state index in [0.29, 0.717) is 34.4 Å². The van der Waals surface area contributed by atoms with Gasteiger partial charge < -0.3 is 14.1 Å². The van der Waals surface area contributed by atoms with Gasteiger partial charge in [0.15, 0.2) is 0 Å². The number of fused-ring (bicyclic) bond motifs is 1. The lowest BCUT2D eigenvalue weighted by molar-refractivity contribution is 0.415. The van der Waals surface area contributed by atoms with Crippen LogP contribution in [0.5, 0.6) is 5.75 Å². The number of nitrogens with zero attached hydrogens (tertiary/aromatic N) is 4. The van der Waals surface area contributed by atoms with Crippen LogP contribution in [0, 0.1) is 50.4 Å². The summed E-state index contributed by atoms with van der Waals surface area (Å²) >= 11 is 0. The molecule has 0 saturated heterocycles. The molecular formula is C24H21N5O2. The third-order valence-corrected chi connectivity index (χ3v) is 5.52. The first kappa shape index (κ1) is 20.1. The molecule has 7 heteroatoms. The normalized spacial score (nSPS) is 11.5. The molecule has 0 atom stereocenters. The highest BCUT2D eigenvalue weighted by Crippen LogP contribution is 2.30. The SMILES string of the molecule is COc1ccc2nc(C(C#N)=Cc3cc(C)n(-c4oc(C)c(C)c4C#N)c3C)[nH]c2c1. The van der Waals surface area contributed by atoms with Crippen LogP contribution in [-0.4, -0.2) is 21.6 Å². The van der Waals surface area contributed by atoms with Gasteiger partial charge in [0.2, 0.25) is 5.88 Å². The van der Waals surface area contributed by atoms with Crippen LogP contribution >= 0.6 is 0 Å². The molecule has 0 fully saturated rings. The van der Waals surface area contributed by atoms with Gasteiger partial charge in [0, 0.05) is 23.0 Å². The second-order valence-electron chi connectivity index (χ2n) is 7.38. The molecule has 3 heterocycles. The van der Waals surface area contributed by atoms with Gasteiger partial charge in [-0.05, 0) is 57.5 Å². The Morgan fingerprint density at radius 1 is 1.19 bits per heavy atom. The Labute approximate surface area is 179 Å². The van der Waals surface area contributed by atoms with E-state index in [4.69, 9.17) is 9.15 Å². The Morgan fingerprint density at radius 2 is 1.97 bits per heavy atom. The van der Waals surface area contributed by atoms with E-state index < -0.39 is 0 Å². The standard InChI is InChI=1S/C24H21N5O2/c1-13-8-17(15(3)29(13)24-20(12-26)14(2)16(4)31-24)9-18(11-25)23-27-21-7-6-19(30-5)10-22(21)28-23/h6-10H,1-5H3,(H,27,28). The van der Waals surface area contributed by atoms with E-state index in [0.717, 1.165) is 33.5 Å². The molecule has 7 nitrogen and oxygen atoms in total. The van der Waals surface area contributed by atoms with Crippen molar-refractivity contribution < 1.29 is 9.15 Å². The van der Waals surface area contributed by atoms with Crippen molar-refractivity contribution in [3.05, 3.63) is 63.9 Å². The molecule has 154 valence electrons. The minimum absolute atomic E-state index is 0.405.